The van der Waals surface area contributed by atoms with Crippen LogP contribution in [0.1, 0.15) is 5.76 Å². The summed E-state index contributed by atoms with van der Waals surface area (Å²) in [5, 5.41) is 10.5. The van der Waals surface area contributed by atoms with Crippen LogP contribution in [0.15, 0.2) is 56.5 Å². The lowest BCUT2D eigenvalue weighted by atomic mass is 10.1. The number of halogens is 4. The predicted octanol–water partition coefficient (Wildman–Crippen LogP) is 4.27. The lowest BCUT2D eigenvalue weighted by Crippen LogP contribution is -2.35. The molecule has 0 bridgehead atoms. The second kappa shape index (κ2) is 6.44. The Kier molecular flexibility index (Phi) is 4.18. The van der Waals surface area contributed by atoms with Crippen LogP contribution in [-0.4, -0.2) is 33.1 Å². The Morgan fingerprint density at radius 3 is 2.54 bits per heavy atom. The van der Waals surface area contributed by atoms with Gasteiger partial charge in [0.2, 0.25) is 10.2 Å². The number of rotatable bonds is 2. The molecule has 0 radical (unpaired) electrons. The summed E-state index contributed by atoms with van der Waals surface area (Å²) in [7, 11) is 0. The number of amides is 1. The predicted molar refractivity (Wildman–Crippen MR) is 95.2 cm³/mol. The van der Waals surface area contributed by atoms with Crippen molar-refractivity contribution in [3.63, 3.8) is 0 Å². The number of carbonyl (C=O) groups is 1. The highest BCUT2D eigenvalue weighted by Gasteiger charge is 2.46. The summed E-state index contributed by atoms with van der Waals surface area (Å²) in [6.07, 6.45) is -3.51. The van der Waals surface area contributed by atoms with E-state index in [0.717, 1.165) is 0 Å². The fourth-order valence-electron chi connectivity index (χ4n) is 2.45. The van der Waals surface area contributed by atoms with Crippen LogP contribution < -0.4 is 0 Å². The third-order valence-corrected chi connectivity index (χ3v) is 4.69. The van der Waals surface area contributed by atoms with Crippen molar-refractivity contribution in [1.29, 1.82) is 5.41 Å². The van der Waals surface area contributed by atoms with E-state index in [9.17, 15) is 22.4 Å². The third kappa shape index (κ3) is 3.24. The van der Waals surface area contributed by atoms with E-state index in [0.29, 0.717) is 16.3 Å². The SMILES string of the molecule is N=C1C(=Cc2ccc(-c3ccc(F)cc3)o2)C(=O)N=C2SC(C(F)(F)F)=NN12. The van der Waals surface area contributed by atoms with E-state index < -0.39 is 28.8 Å². The van der Waals surface area contributed by atoms with Crippen LogP contribution >= 0.6 is 11.8 Å². The lowest BCUT2D eigenvalue weighted by Gasteiger charge is -2.19. The molecule has 0 spiro atoms. The highest BCUT2D eigenvalue weighted by Crippen LogP contribution is 2.35. The number of thioether (sulfide) groups is 1. The van der Waals surface area contributed by atoms with Crippen molar-refractivity contribution in [2.24, 2.45) is 10.1 Å². The van der Waals surface area contributed by atoms with Gasteiger partial charge in [0.25, 0.3) is 5.91 Å². The van der Waals surface area contributed by atoms with Gasteiger partial charge in [0.15, 0.2) is 5.84 Å². The summed E-state index contributed by atoms with van der Waals surface area (Å²) >= 11 is 0.178. The van der Waals surface area contributed by atoms with Crippen LogP contribution in [0.3, 0.4) is 0 Å². The summed E-state index contributed by atoms with van der Waals surface area (Å²) in [5.74, 6) is -1.25. The fourth-order valence-corrected chi connectivity index (χ4v) is 3.21. The molecule has 6 nitrogen and oxygen atoms in total. The van der Waals surface area contributed by atoms with Crippen LogP contribution in [0, 0.1) is 11.2 Å². The van der Waals surface area contributed by atoms with Crippen LogP contribution in [-0.2, 0) is 4.79 Å². The number of aliphatic imine (C=N–C) groups is 1. The number of hydrazone groups is 1. The van der Waals surface area contributed by atoms with Gasteiger partial charge in [-0.2, -0.15) is 28.3 Å². The first kappa shape index (κ1) is 18.2. The highest BCUT2D eigenvalue weighted by atomic mass is 32.2. The quantitative estimate of drug-likeness (QED) is 0.595. The molecular formula is C17H8F4N4O2S. The van der Waals surface area contributed by atoms with Gasteiger partial charge in [-0.1, -0.05) is 0 Å². The van der Waals surface area contributed by atoms with Gasteiger partial charge in [-0.25, -0.2) is 4.39 Å². The van der Waals surface area contributed by atoms with Crippen molar-refractivity contribution in [2.75, 3.05) is 0 Å². The van der Waals surface area contributed by atoms with Crippen LogP contribution in [0.4, 0.5) is 17.6 Å². The number of benzene rings is 1. The second-order valence-electron chi connectivity index (χ2n) is 5.63. The minimum Gasteiger partial charge on any atom is -0.457 e. The van der Waals surface area contributed by atoms with Crippen molar-refractivity contribution in [3.8, 4) is 11.3 Å². The smallest absolute Gasteiger partial charge is 0.441 e. The van der Waals surface area contributed by atoms with Gasteiger partial charge in [-0.3, -0.25) is 10.2 Å². The first-order valence-corrected chi connectivity index (χ1v) is 8.47. The first-order valence-electron chi connectivity index (χ1n) is 7.65. The molecule has 2 aliphatic heterocycles. The number of hydrogen-bond donors (Lipinski definition) is 1. The second-order valence-corrected chi connectivity index (χ2v) is 6.59. The molecule has 1 amide bonds. The van der Waals surface area contributed by atoms with Gasteiger partial charge in [-0.15, -0.1) is 0 Å². The molecular weight excluding hydrogens is 400 g/mol. The number of nitrogens with one attached hydrogen (secondary N) is 1. The van der Waals surface area contributed by atoms with E-state index in [4.69, 9.17) is 9.83 Å². The molecule has 0 saturated carbocycles. The lowest BCUT2D eigenvalue weighted by molar-refractivity contribution is -0.114. The first-order chi connectivity index (χ1) is 13.2. The number of carbonyl (C=O) groups excluding carboxylic acids is 1. The normalized spacial score (nSPS) is 18.4. The number of nitrogens with zero attached hydrogens (tertiary/aromatic N) is 3. The number of furan rings is 1. The minimum absolute atomic E-state index is 0.178. The largest absolute Gasteiger partial charge is 0.457 e. The van der Waals surface area contributed by atoms with Crippen molar-refractivity contribution < 1.29 is 26.8 Å². The Hall–Kier alpha value is -3.21. The van der Waals surface area contributed by atoms with Crippen LogP contribution in [0.5, 0.6) is 0 Å². The average Bonchev–Trinajstić information content (AvgIpc) is 3.26. The third-order valence-electron chi connectivity index (χ3n) is 3.74. The zero-order valence-electron chi connectivity index (χ0n) is 13.6. The van der Waals surface area contributed by atoms with E-state index in [1.807, 2.05) is 0 Å². The van der Waals surface area contributed by atoms with Crippen molar-refractivity contribution >= 4 is 39.8 Å². The number of fused-ring (bicyclic) bond motifs is 1. The molecule has 0 unspecified atom stereocenters. The standard InChI is InChI=1S/C17H8F4N4O2S/c18-9-3-1-8(2-4-9)12-6-5-10(27-12)7-11-13(22)25-16(23-14(11)26)28-15(24-25)17(19,20)21/h1-7,22H. The Morgan fingerprint density at radius 2 is 1.86 bits per heavy atom. The molecule has 28 heavy (non-hydrogen) atoms. The maximum Gasteiger partial charge on any atom is 0.441 e. The molecule has 0 atom stereocenters. The molecule has 2 aromatic rings. The van der Waals surface area contributed by atoms with Gasteiger partial charge >= 0.3 is 6.18 Å². The topological polar surface area (TPSA) is 82.0 Å². The molecule has 0 fully saturated rings. The molecule has 1 N–H and O–H groups in total. The van der Waals surface area contributed by atoms with Gasteiger partial charge in [0, 0.05) is 5.56 Å². The Bertz CT molecular complexity index is 1080. The number of amidine groups is 2. The Labute approximate surface area is 158 Å². The fraction of sp³-hybridized carbons (Fsp3) is 0.0588. The number of hydrogen-bond acceptors (Lipinski definition) is 5. The summed E-state index contributed by atoms with van der Waals surface area (Å²) < 4.78 is 57.0. The van der Waals surface area contributed by atoms with Crippen molar-refractivity contribution in [3.05, 3.63) is 53.5 Å². The maximum absolute atomic E-state index is 13.0. The monoisotopic (exact) mass is 408 g/mol. The molecule has 2 aliphatic rings. The summed E-state index contributed by atoms with van der Waals surface area (Å²) in [4.78, 5) is 15.7. The number of alkyl halides is 3. The molecule has 1 aromatic heterocycles. The van der Waals surface area contributed by atoms with Gasteiger partial charge in [-0.05, 0) is 54.2 Å². The zero-order valence-corrected chi connectivity index (χ0v) is 14.4. The summed E-state index contributed by atoms with van der Waals surface area (Å²) in [6.45, 7) is 0. The van der Waals surface area contributed by atoms with Gasteiger partial charge in [0.1, 0.15) is 17.3 Å². The summed E-state index contributed by atoms with van der Waals surface area (Å²) in [5.41, 5.74) is 0.322. The van der Waals surface area contributed by atoms with Crippen molar-refractivity contribution in [1.82, 2.24) is 5.01 Å². The zero-order chi connectivity index (χ0) is 20.1. The Balaban J connectivity index is 1.64. The van der Waals surface area contributed by atoms with Crippen LogP contribution in [0.2, 0.25) is 0 Å². The average molecular weight is 408 g/mol. The van der Waals surface area contributed by atoms with Gasteiger partial charge < -0.3 is 4.42 Å². The minimum atomic E-state index is -4.71. The molecule has 142 valence electrons. The highest BCUT2D eigenvalue weighted by molar-refractivity contribution is 8.27. The van der Waals surface area contributed by atoms with Crippen LogP contribution in [0.25, 0.3) is 17.4 Å². The molecule has 0 saturated heterocycles. The Morgan fingerprint density at radius 1 is 1.14 bits per heavy atom. The van der Waals surface area contributed by atoms with E-state index >= 15 is 0 Å². The van der Waals surface area contributed by atoms with Gasteiger partial charge in [0.05, 0.1) is 5.57 Å². The van der Waals surface area contributed by atoms with E-state index in [-0.39, 0.29) is 28.3 Å². The summed E-state index contributed by atoms with van der Waals surface area (Å²) in [6, 6.07) is 8.61. The molecule has 3 heterocycles. The molecule has 1 aromatic carbocycles. The molecule has 4 rings (SSSR count). The maximum atomic E-state index is 13.0. The van der Waals surface area contributed by atoms with E-state index in [1.165, 1.54) is 36.4 Å². The van der Waals surface area contributed by atoms with E-state index in [2.05, 4.69) is 10.1 Å². The molecule has 11 heteroatoms. The van der Waals surface area contributed by atoms with E-state index in [1.54, 1.807) is 6.07 Å². The molecule has 0 aliphatic carbocycles. The van der Waals surface area contributed by atoms with Crippen molar-refractivity contribution in [2.45, 2.75) is 6.18 Å².